The summed E-state index contributed by atoms with van der Waals surface area (Å²) in [6.07, 6.45) is 4.90. The number of anilines is 1. The number of methoxy groups -OCH3 is 1. The van der Waals surface area contributed by atoms with E-state index >= 15 is 0 Å². The smallest absolute Gasteiger partial charge is 0.205 e. The van der Waals surface area contributed by atoms with Gasteiger partial charge in [-0.25, -0.2) is 0 Å². The molecule has 30 heavy (non-hydrogen) atoms. The second-order valence-corrected chi connectivity index (χ2v) is 6.53. The average molecular weight is 400 g/mol. The van der Waals surface area contributed by atoms with Crippen LogP contribution in [0, 0.1) is 0 Å². The molecule has 0 spiro atoms. The van der Waals surface area contributed by atoms with E-state index in [-0.39, 0.29) is 11.5 Å². The van der Waals surface area contributed by atoms with Crippen LogP contribution in [0.2, 0.25) is 0 Å². The molecule has 1 aromatic heterocycles. The maximum Gasteiger partial charge on any atom is 0.205 e. The highest BCUT2D eigenvalue weighted by molar-refractivity contribution is 6.20. The molecule has 152 valence electrons. The quantitative estimate of drug-likeness (QED) is 0.442. The summed E-state index contributed by atoms with van der Waals surface area (Å²) >= 11 is 0. The van der Waals surface area contributed by atoms with Crippen LogP contribution in [0.1, 0.15) is 17.2 Å². The van der Waals surface area contributed by atoms with E-state index in [0.717, 1.165) is 16.8 Å². The lowest BCUT2D eigenvalue weighted by molar-refractivity contribution is -0.116. The zero-order valence-electron chi connectivity index (χ0n) is 16.9. The Labute approximate surface area is 176 Å². The van der Waals surface area contributed by atoms with E-state index in [2.05, 4.69) is 15.3 Å². The van der Waals surface area contributed by atoms with Gasteiger partial charge in [-0.2, -0.15) is 0 Å². The number of hydrogen-bond acceptors (Lipinski definition) is 6. The van der Waals surface area contributed by atoms with Gasteiger partial charge in [-0.1, -0.05) is 36.4 Å². The summed E-state index contributed by atoms with van der Waals surface area (Å²) in [7, 11) is 3.25. The van der Waals surface area contributed by atoms with Crippen molar-refractivity contribution in [2.45, 2.75) is 6.04 Å². The van der Waals surface area contributed by atoms with Crippen molar-refractivity contribution in [2.75, 3.05) is 19.5 Å². The first-order chi connectivity index (χ1) is 14.6. The fraction of sp³-hybridized carbons (Fsp3) is 0.125. The number of nitrogens with two attached hydrogens (primary N) is 1. The Kier molecular flexibility index (Phi) is 6.95. The zero-order valence-corrected chi connectivity index (χ0v) is 16.9. The molecule has 0 bridgehead atoms. The Morgan fingerprint density at radius 3 is 2.50 bits per heavy atom. The first-order valence-electron chi connectivity index (χ1n) is 9.46. The van der Waals surface area contributed by atoms with Gasteiger partial charge in [0, 0.05) is 43.0 Å². The van der Waals surface area contributed by atoms with Crippen LogP contribution in [0.4, 0.5) is 5.69 Å². The van der Waals surface area contributed by atoms with Gasteiger partial charge in [-0.05, 0) is 35.4 Å². The van der Waals surface area contributed by atoms with Crippen molar-refractivity contribution in [1.29, 1.82) is 0 Å². The number of carbonyl (C=O) groups is 1. The number of aromatic nitrogens is 1. The number of nitrogens with zero attached hydrogens (tertiary/aromatic N) is 2. The second kappa shape index (κ2) is 10.0. The zero-order chi connectivity index (χ0) is 21.3. The second-order valence-electron chi connectivity index (χ2n) is 6.53. The van der Waals surface area contributed by atoms with E-state index in [4.69, 9.17) is 10.5 Å². The standard InChI is InChI=1S/C24H24N4O2/c1-26-16-21(17-7-4-3-5-8-17)22(25)24(29)23(18-11-13-27-14-12-18)28-19-9-6-10-20(15-19)30-2/h3-16,23,28H,25H2,1-2H3. The Morgan fingerprint density at radius 2 is 1.83 bits per heavy atom. The van der Waals surface area contributed by atoms with Gasteiger partial charge >= 0.3 is 0 Å². The maximum absolute atomic E-state index is 13.5. The normalized spacial score (nSPS) is 12.9. The molecule has 1 unspecified atom stereocenters. The highest BCUT2D eigenvalue weighted by atomic mass is 16.5. The monoisotopic (exact) mass is 400 g/mol. The van der Waals surface area contributed by atoms with Gasteiger partial charge in [0.05, 0.1) is 12.8 Å². The van der Waals surface area contributed by atoms with Crippen LogP contribution in [0.15, 0.2) is 89.8 Å². The van der Waals surface area contributed by atoms with E-state index in [0.29, 0.717) is 11.3 Å². The van der Waals surface area contributed by atoms with E-state index in [1.165, 1.54) is 0 Å². The molecule has 2 aromatic carbocycles. The van der Waals surface area contributed by atoms with Crippen LogP contribution >= 0.6 is 0 Å². The van der Waals surface area contributed by atoms with Crippen LogP contribution in [0.3, 0.4) is 0 Å². The summed E-state index contributed by atoms with van der Waals surface area (Å²) in [6, 6.07) is 19.8. The molecule has 6 nitrogen and oxygen atoms in total. The molecule has 0 fully saturated rings. The summed E-state index contributed by atoms with van der Waals surface area (Å²) in [6.45, 7) is 0. The van der Waals surface area contributed by atoms with Crippen LogP contribution in [0.5, 0.6) is 5.75 Å². The van der Waals surface area contributed by atoms with E-state index < -0.39 is 6.04 Å². The highest BCUT2D eigenvalue weighted by Gasteiger charge is 2.25. The van der Waals surface area contributed by atoms with Gasteiger partial charge in [0.1, 0.15) is 11.8 Å². The molecule has 3 aromatic rings. The molecule has 0 saturated heterocycles. The van der Waals surface area contributed by atoms with Crippen LogP contribution in [-0.2, 0) is 4.79 Å². The lowest BCUT2D eigenvalue weighted by atomic mass is 9.96. The highest BCUT2D eigenvalue weighted by Crippen LogP contribution is 2.26. The fourth-order valence-electron chi connectivity index (χ4n) is 3.07. The SMILES string of the molecule is CN=CC(=C(N)C(=O)C(Nc1cccc(OC)c1)c1ccncc1)c1ccccc1. The van der Waals surface area contributed by atoms with Crippen molar-refractivity contribution < 1.29 is 9.53 Å². The van der Waals surface area contributed by atoms with Gasteiger partial charge in [-0.15, -0.1) is 0 Å². The Hall–Kier alpha value is -3.93. The number of ketones is 1. The summed E-state index contributed by atoms with van der Waals surface area (Å²) in [4.78, 5) is 21.7. The molecule has 0 amide bonds. The van der Waals surface area contributed by atoms with Crippen molar-refractivity contribution in [3.8, 4) is 5.75 Å². The van der Waals surface area contributed by atoms with Gasteiger partial charge < -0.3 is 15.8 Å². The van der Waals surface area contributed by atoms with E-state index in [1.54, 1.807) is 44.9 Å². The number of hydrogen-bond donors (Lipinski definition) is 2. The lowest BCUT2D eigenvalue weighted by Crippen LogP contribution is -2.27. The number of carbonyl (C=O) groups excluding carboxylic acids is 1. The molecule has 1 atom stereocenters. The average Bonchev–Trinajstić information content (AvgIpc) is 2.81. The molecule has 3 N–H and O–H groups in total. The van der Waals surface area contributed by atoms with E-state index in [1.807, 2.05) is 54.6 Å². The Bertz CT molecular complexity index is 1050. The molecule has 0 saturated carbocycles. The van der Waals surface area contributed by atoms with Crippen LogP contribution in [0.25, 0.3) is 5.57 Å². The van der Waals surface area contributed by atoms with Crippen LogP contribution < -0.4 is 15.8 Å². The van der Waals surface area contributed by atoms with Gasteiger partial charge in [-0.3, -0.25) is 14.8 Å². The largest absolute Gasteiger partial charge is 0.497 e. The molecular formula is C24H24N4O2. The van der Waals surface area contributed by atoms with Crippen molar-refractivity contribution in [1.82, 2.24) is 4.98 Å². The van der Waals surface area contributed by atoms with Gasteiger partial charge in [0.15, 0.2) is 0 Å². The molecule has 0 aliphatic heterocycles. The number of Topliss-reactive ketones (excluding diaryl/α,β-unsaturated/α-hetero) is 1. The third-order valence-corrected chi connectivity index (χ3v) is 4.58. The number of pyridine rings is 1. The number of rotatable bonds is 8. The maximum atomic E-state index is 13.5. The van der Waals surface area contributed by atoms with Gasteiger partial charge in [0.2, 0.25) is 5.78 Å². The predicted octanol–water partition coefficient (Wildman–Crippen LogP) is 3.88. The topological polar surface area (TPSA) is 89.6 Å². The first-order valence-corrected chi connectivity index (χ1v) is 9.46. The third kappa shape index (κ3) is 4.91. The number of benzene rings is 2. The predicted molar refractivity (Wildman–Crippen MR) is 121 cm³/mol. The first kappa shape index (κ1) is 20.8. The molecule has 0 radical (unpaired) electrons. The minimum absolute atomic E-state index is 0.129. The number of aliphatic imine (C=N–C) groups is 1. The van der Waals surface area contributed by atoms with Crippen molar-refractivity contribution >= 4 is 23.3 Å². The van der Waals surface area contributed by atoms with Crippen LogP contribution in [-0.4, -0.2) is 31.1 Å². The minimum atomic E-state index is -0.705. The number of nitrogens with one attached hydrogen (secondary N) is 1. The molecule has 3 rings (SSSR count). The third-order valence-electron chi connectivity index (χ3n) is 4.58. The molecule has 6 heteroatoms. The minimum Gasteiger partial charge on any atom is -0.497 e. The number of allylic oxidation sites excluding steroid dienone is 1. The molecule has 0 aliphatic carbocycles. The van der Waals surface area contributed by atoms with Crippen molar-refractivity contribution in [3.05, 3.63) is 95.9 Å². The summed E-state index contributed by atoms with van der Waals surface area (Å²) in [5.74, 6) is 0.426. The summed E-state index contributed by atoms with van der Waals surface area (Å²) in [5.41, 5.74) is 9.41. The Balaban J connectivity index is 2.04. The molecular weight excluding hydrogens is 376 g/mol. The van der Waals surface area contributed by atoms with Crippen molar-refractivity contribution in [2.24, 2.45) is 10.7 Å². The Morgan fingerprint density at radius 1 is 1.10 bits per heavy atom. The number of ether oxygens (including phenoxy) is 1. The lowest BCUT2D eigenvalue weighted by Gasteiger charge is -2.21. The summed E-state index contributed by atoms with van der Waals surface area (Å²) < 4.78 is 5.29. The summed E-state index contributed by atoms with van der Waals surface area (Å²) in [5, 5.41) is 3.28. The van der Waals surface area contributed by atoms with Crippen molar-refractivity contribution in [3.63, 3.8) is 0 Å². The van der Waals surface area contributed by atoms with E-state index in [9.17, 15) is 4.79 Å². The fourth-order valence-corrected chi connectivity index (χ4v) is 3.07. The molecule has 1 heterocycles. The molecule has 0 aliphatic rings. The van der Waals surface area contributed by atoms with Gasteiger partial charge in [0.25, 0.3) is 0 Å².